The van der Waals surface area contributed by atoms with E-state index >= 15 is 0 Å². The van der Waals surface area contributed by atoms with Crippen LogP contribution in [-0.4, -0.2) is 50.3 Å². The van der Waals surface area contributed by atoms with Gasteiger partial charge in [0, 0.05) is 25.7 Å². The maximum absolute atomic E-state index is 5.17. The highest BCUT2D eigenvalue weighted by molar-refractivity contribution is 4.68. The molecule has 0 saturated carbocycles. The van der Waals surface area contributed by atoms with E-state index in [0.29, 0.717) is 12.1 Å². The van der Waals surface area contributed by atoms with Crippen molar-refractivity contribution in [2.24, 2.45) is 0 Å². The van der Waals surface area contributed by atoms with Crippen molar-refractivity contribution in [2.45, 2.75) is 65.5 Å². The van der Waals surface area contributed by atoms with Gasteiger partial charge in [-0.1, -0.05) is 13.8 Å². The van der Waals surface area contributed by atoms with Crippen LogP contribution in [0.2, 0.25) is 0 Å². The molecular weight excluding hydrogens is 224 g/mol. The van der Waals surface area contributed by atoms with Crippen molar-refractivity contribution in [1.29, 1.82) is 0 Å². The molecule has 0 aliphatic heterocycles. The van der Waals surface area contributed by atoms with Crippen LogP contribution < -0.4 is 5.32 Å². The zero-order valence-electron chi connectivity index (χ0n) is 13.2. The Morgan fingerprint density at radius 3 is 2.39 bits per heavy atom. The molecule has 0 heterocycles. The van der Waals surface area contributed by atoms with E-state index in [1.165, 1.54) is 32.2 Å². The Labute approximate surface area is 114 Å². The molecule has 0 aliphatic carbocycles. The molecule has 1 unspecified atom stereocenters. The van der Waals surface area contributed by atoms with Gasteiger partial charge >= 0.3 is 0 Å². The lowest BCUT2D eigenvalue weighted by atomic mass is 10.1. The summed E-state index contributed by atoms with van der Waals surface area (Å²) in [5, 5.41) is 3.62. The minimum atomic E-state index is 0.615. The van der Waals surface area contributed by atoms with Crippen LogP contribution in [-0.2, 0) is 4.74 Å². The number of rotatable bonds is 12. The molecule has 0 aromatic rings. The summed E-state index contributed by atoms with van der Waals surface area (Å²) in [5.41, 5.74) is 0. The molecule has 110 valence electrons. The first kappa shape index (κ1) is 17.9. The third-order valence-electron chi connectivity index (χ3n) is 3.49. The lowest BCUT2D eigenvalue weighted by Crippen LogP contribution is -2.36. The molecule has 0 fully saturated rings. The van der Waals surface area contributed by atoms with Crippen LogP contribution in [0, 0.1) is 0 Å². The summed E-state index contributed by atoms with van der Waals surface area (Å²) in [6.07, 6.45) is 5.02. The fourth-order valence-electron chi connectivity index (χ4n) is 2.18. The molecule has 3 nitrogen and oxygen atoms in total. The van der Waals surface area contributed by atoms with Crippen molar-refractivity contribution >= 4 is 0 Å². The lowest BCUT2D eigenvalue weighted by Gasteiger charge is -2.27. The van der Waals surface area contributed by atoms with Crippen LogP contribution in [0.15, 0.2) is 0 Å². The maximum Gasteiger partial charge on any atom is 0.0589 e. The summed E-state index contributed by atoms with van der Waals surface area (Å²) < 4.78 is 5.17. The quantitative estimate of drug-likeness (QED) is 0.582. The Kier molecular flexibility index (Phi) is 11.9. The molecule has 0 amide bonds. The molecule has 0 aliphatic rings. The molecule has 1 atom stereocenters. The summed E-state index contributed by atoms with van der Waals surface area (Å²) in [6.45, 7) is 13.3. The van der Waals surface area contributed by atoms with Gasteiger partial charge in [-0.2, -0.15) is 0 Å². The summed E-state index contributed by atoms with van der Waals surface area (Å²) in [6, 6.07) is 1.31. The van der Waals surface area contributed by atoms with Crippen LogP contribution in [0.4, 0.5) is 0 Å². The predicted octanol–water partition coefficient (Wildman–Crippen LogP) is 2.90. The number of methoxy groups -OCH3 is 1. The van der Waals surface area contributed by atoms with Gasteiger partial charge in [0.1, 0.15) is 0 Å². The fraction of sp³-hybridized carbons (Fsp3) is 1.00. The Bertz CT molecular complexity index is 174. The zero-order chi connectivity index (χ0) is 13.8. The molecule has 0 saturated heterocycles. The molecule has 3 heteroatoms. The fourth-order valence-corrected chi connectivity index (χ4v) is 2.18. The van der Waals surface area contributed by atoms with Crippen LogP contribution in [0.5, 0.6) is 0 Å². The first-order valence-corrected chi connectivity index (χ1v) is 7.62. The molecule has 0 bridgehead atoms. The normalized spacial score (nSPS) is 13.5. The highest BCUT2D eigenvalue weighted by Gasteiger charge is 2.10. The van der Waals surface area contributed by atoms with E-state index in [-0.39, 0.29) is 0 Å². The highest BCUT2D eigenvalue weighted by atomic mass is 16.5. The molecule has 18 heavy (non-hydrogen) atoms. The van der Waals surface area contributed by atoms with Crippen molar-refractivity contribution in [2.75, 3.05) is 33.4 Å². The van der Waals surface area contributed by atoms with Crippen molar-refractivity contribution < 1.29 is 4.74 Å². The second-order valence-electron chi connectivity index (χ2n) is 5.32. The van der Waals surface area contributed by atoms with Gasteiger partial charge in [-0.15, -0.1) is 0 Å². The molecule has 0 spiro atoms. The van der Waals surface area contributed by atoms with Gasteiger partial charge in [0.25, 0.3) is 0 Å². The first-order valence-electron chi connectivity index (χ1n) is 7.62. The van der Waals surface area contributed by atoms with Gasteiger partial charge in [-0.3, -0.25) is 4.90 Å². The monoisotopic (exact) mass is 258 g/mol. The van der Waals surface area contributed by atoms with E-state index in [9.17, 15) is 0 Å². The number of ether oxygens (including phenoxy) is 1. The number of hydrogen-bond donors (Lipinski definition) is 1. The SMILES string of the molecule is CCCNC(CC)CCCN(CCOC)C(C)C. The predicted molar refractivity (Wildman–Crippen MR) is 80.2 cm³/mol. The van der Waals surface area contributed by atoms with Gasteiger partial charge in [0.05, 0.1) is 6.61 Å². The van der Waals surface area contributed by atoms with E-state index < -0.39 is 0 Å². The standard InChI is InChI=1S/C15H34N2O/c1-6-10-16-15(7-2)9-8-11-17(14(3)4)12-13-18-5/h14-16H,6-13H2,1-5H3. The molecule has 0 aromatic heterocycles. The molecule has 0 radical (unpaired) electrons. The summed E-state index contributed by atoms with van der Waals surface area (Å²) >= 11 is 0. The zero-order valence-corrected chi connectivity index (χ0v) is 13.2. The van der Waals surface area contributed by atoms with Crippen LogP contribution in [0.25, 0.3) is 0 Å². The maximum atomic E-state index is 5.17. The minimum absolute atomic E-state index is 0.615. The summed E-state index contributed by atoms with van der Waals surface area (Å²) in [5.74, 6) is 0. The third-order valence-corrected chi connectivity index (χ3v) is 3.49. The summed E-state index contributed by atoms with van der Waals surface area (Å²) in [4.78, 5) is 2.51. The molecular formula is C15H34N2O. The highest BCUT2D eigenvalue weighted by Crippen LogP contribution is 2.06. The lowest BCUT2D eigenvalue weighted by molar-refractivity contribution is 0.127. The smallest absolute Gasteiger partial charge is 0.0589 e. The van der Waals surface area contributed by atoms with Crippen LogP contribution >= 0.6 is 0 Å². The minimum Gasteiger partial charge on any atom is -0.383 e. The topological polar surface area (TPSA) is 24.5 Å². The van der Waals surface area contributed by atoms with E-state index in [4.69, 9.17) is 4.74 Å². The molecule has 0 aromatic carbocycles. The van der Waals surface area contributed by atoms with Crippen molar-refractivity contribution in [1.82, 2.24) is 10.2 Å². The van der Waals surface area contributed by atoms with Crippen LogP contribution in [0.3, 0.4) is 0 Å². The Morgan fingerprint density at radius 1 is 1.17 bits per heavy atom. The van der Waals surface area contributed by atoms with Crippen molar-refractivity contribution in [3.63, 3.8) is 0 Å². The molecule has 1 N–H and O–H groups in total. The van der Waals surface area contributed by atoms with Crippen molar-refractivity contribution in [3.8, 4) is 0 Å². The summed E-state index contributed by atoms with van der Waals surface area (Å²) in [7, 11) is 1.78. The van der Waals surface area contributed by atoms with Gasteiger partial charge in [-0.05, 0) is 52.6 Å². The van der Waals surface area contributed by atoms with Gasteiger partial charge in [-0.25, -0.2) is 0 Å². The number of hydrogen-bond acceptors (Lipinski definition) is 3. The van der Waals surface area contributed by atoms with Crippen molar-refractivity contribution in [3.05, 3.63) is 0 Å². The van der Waals surface area contributed by atoms with Gasteiger partial charge < -0.3 is 10.1 Å². The first-order chi connectivity index (χ1) is 8.65. The van der Waals surface area contributed by atoms with Gasteiger partial charge in [0.15, 0.2) is 0 Å². The van der Waals surface area contributed by atoms with E-state index in [0.717, 1.165) is 19.7 Å². The largest absolute Gasteiger partial charge is 0.383 e. The van der Waals surface area contributed by atoms with E-state index in [1.54, 1.807) is 7.11 Å². The number of nitrogens with one attached hydrogen (secondary N) is 1. The van der Waals surface area contributed by atoms with Gasteiger partial charge in [0.2, 0.25) is 0 Å². The second-order valence-corrected chi connectivity index (χ2v) is 5.32. The average molecular weight is 258 g/mol. The second kappa shape index (κ2) is 11.9. The Balaban J connectivity index is 3.81. The average Bonchev–Trinajstić information content (AvgIpc) is 2.36. The third kappa shape index (κ3) is 8.90. The number of nitrogens with zero attached hydrogens (tertiary/aromatic N) is 1. The van der Waals surface area contributed by atoms with Crippen LogP contribution in [0.1, 0.15) is 53.4 Å². The van der Waals surface area contributed by atoms with E-state index in [1.807, 2.05) is 0 Å². The Hall–Kier alpha value is -0.120. The molecule has 0 rings (SSSR count). The Morgan fingerprint density at radius 2 is 1.89 bits per heavy atom. The van der Waals surface area contributed by atoms with E-state index in [2.05, 4.69) is 37.9 Å².